The third kappa shape index (κ3) is 5.37. The summed E-state index contributed by atoms with van der Waals surface area (Å²) in [6, 6.07) is 16.0. The number of nitrogens with zero attached hydrogens (tertiary/aromatic N) is 1. The number of ether oxygens (including phenoxy) is 1. The van der Waals surface area contributed by atoms with E-state index in [4.69, 9.17) is 43.7 Å². The van der Waals surface area contributed by atoms with Crippen molar-refractivity contribution in [3.05, 3.63) is 86.4 Å². The van der Waals surface area contributed by atoms with E-state index >= 15 is 0 Å². The van der Waals surface area contributed by atoms with Crippen molar-refractivity contribution in [1.82, 2.24) is 0 Å². The molecule has 0 aliphatic carbocycles. The van der Waals surface area contributed by atoms with E-state index in [2.05, 4.69) is 6.07 Å². The molecule has 164 valence electrons. The van der Waals surface area contributed by atoms with Gasteiger partial charge in [-0.15, -0.1) is 0 Å². The number of benzene rings is 3. The maximum atomic E-state index is 12.7. The third-order valence-electron chi connectivity index (χ3n) is 4.41. The summed E-state index contributed by atoms with van der Waals surface area (Å²) >= 11 is 18.5. The molecular formula is C23H16Cl3NO4S. The Bertz CT molecular complexity index is 1340. The minimum Gasteiger partial charge on any atom is -0.493 e. The number of halogens is 3. The van der Waals surface area contributed by atoms with Gasteiger partial charge in [0.15, 0.2) is 5.75 Å². The molecule has 0 N–H and O–H groups in total. The number of rotatable bonds is 6. The number of hydrogen-bond acceptors (Lipinski definition) is 5. The van der Waals surface area contributed by atoms with Gasteiger partial charge in [0.05, 0.1) is 28.8 Å². The normalized spacial score (nSPS) is 11.7. The van der Waals surface area contributed by atoms with Crippen LogP contribution in [-0.4, -0.2) is 15.5 Å². The minimum atomic E-state index is -4.14. The summed E-state index contributed by atoms with van der Waals surface area (Å²) in [5, 5.41) is 10.4. The Labute approximate surface area is 201 Å². The zero-order chi connectivity index (χ0) is 23.5. The molecule has 0 atom stereocenters. The van der Waals surface area contributed by atoms with Gasteiger partial charge in [0.1, 0.15) is 4.90 Å². The highest BCUT2D eigenvalue weighted by molar-refractivity contribution is 7.87. The van der Waals surface area contributed by atoms with Crippen LogP contribution in [0.15, 0.2) is 59.5 Å². The fraction of sp³-hybridized carbons (Fsp3) is 0.0870. The Hall–Kier alpha value is -2.69. The first-order valence-corrected chi connectivity index (χ1v) is 11.6. The van der Waals surface area contributed by atoms with Gasteiger partial charge in [0.2, 0.25) is 5.75 Å². The molecule has 0 spiro atoms. The molecule has 0 fully saturated rings. The molecule has 0 amide bonds. The molecule has 0 aliphatic heterocycles. The topological polar surface area (TPSA) is 76.4 Å². The minimum absolute atomic E-state index is 0.00854. The van der Waals surface area contributed by atoms with Crippen LogP contribution in [0.25, 0.3) is 11.6 Å². The molecule has 9 heteroatoms. The van der Waals surface area contributed by atoms with E-state index in [1.807, 2.05) is 6.92 Å². The zero-order valence-corrected chi connectivity index (χ0v) is 20.0. The fourth-order valence-electron chi connectivity index (χ4n) is 2.81. The molecule has 3 rings (SSSR count). The van der Waals surface area contributed by atoms with Crippen LogP contribution < -0.4 is 8.92 Å². The van der Waals surface area contributed by atoms with Gasteiger partial charge >= 0.3 is 10.1 Å². The lowest BCUT2D eigenvalue weighted by atomic mass is 10.0. The number of aryl methyl sites for hydroxylation is 1. The molecule has 32 heavy (non-hydrogen) atoms. The second-order valence-corrected chi connectivity index (χ2v) is 9.48. The van der Waals surface area contributed by atoms with E-state index in [1.54, 1.807) is 30.3 Å². The van der Waals surface area contributed by atoms with Crippen LogP contribution in [0.2, 0.25) is 15.1 Å². The monoisotopic (exact) mass is 507 g/mol. The summed E-state index contributed by atoms with van der Waals surface area (Å²) in [6.07, 6.45) is 1.54. The summed E-state index contributed by atoms with van der Waals surface area (Å²) in [5.41, 5.74) is 2.13. The van der Waals surface area contributed by atoms with Crippen LogP contribution in [0.3, 0.4) is 0 Å². The van der Waals surface area contributed by atoms with E-state index in [0.29, 0.717) is 21.2 Å². The van der Waals surface area contributed by atoms with Crippen LogP contribution in [-0.2, 0) is 10.1 Å². The van der Waals surface area contributed by atoms with E-state index in [9.17, 15) is 13.7 Å². The average molecular weight is 509 g/mol. The van der Waals surface area contributed by atoms with Gasteiger partial charge in [0.25, 0.3) is 0 Å². The molecule has 0 saturated carbocycles. The molecule has 0 radical (unpaired) electrons. The molecule has 5 nitrogen and oxygen atoms in total. The molecule has 0 saturated heterocycles. The van der Waals surface area contributed by atoms with E-state index in [-0.39, 0.29) is 27.0 Å². The summed E-state index contributed by atoms with van der Waals surface area (Å²) in [4.78, 5) is -0.0191. The van der Waals surface area contributed by atoms with Gasteiger partial charge < -0.3 is 8.92 Å². The summed E-state index contributed by atoms with van der Waals surface area (Å²) < 4.78 is 35.9. The molecule has 0 heterocycles. The van der Waals surface area contributed by atoms with Crippen molar-refractivity contribution in [3.63, 3.8) is 0 Å². The maximum Gasteiger partial charge on any atom is 0.339 e. The lowest BCUT2D eigenvalue weighted by Gasteiger charge is -2.13. The molecule has 3 aromatic carbocycles. The second-order valence-electron chi connectivity index (χ2n) is 6.68. The fourth-order valence-corrected chi connectivity index (χ4v) is 4.58. The van der Waals surface area contributed by atoms with Gasteiger partial charge in [-0.3, -0.25) is 0 Å². The molecule has 0 aliphatic rings. The van der Waals surface area contributed by atoms with Gasteiger partial charge in [-0.1, -0.05) is 58.6 Å². The summed E-state index contributed by atoms with van der Waals surface area (Å²) in [6.45, 7) is 1.84. The van der Waals surface area contributed by atoms with Crippen molar-refractivity contribution < 1.29 is 17.3 Å². The Morgan fingerprint density at radius 2 is 1.69 bits per heavy atom. The van der Waals surface area contributed by atoms with E-state index in [1.165, 1.54) is 37.4 Å². The largest absolute Gasteiger partial charge is 0.493 e. The number of allylic oxidation sites excluding steroid dienone is 1. The number of methoxy groups -OCH3 is 1. The van der Waals surface area contributed by atoms with Crippen LogP contribution >= 0.6 is 34.8 Å². The molecular weight excluding hydrogens is 493 g/mol. The second kappa shape index (κ2) is 9.85. The van der Waals surface area contributed by atoms with Gasteiger partial charge in [-0.2, -0.15) is 13.7 Å². The quantitative estimate of drug-likeness (QED) is 0.208. The van der Waals surface area contributed by atoms with Crippen molar-refractivity contribution >= 4 is 56.6 Å². The first kappa shape index (κ1) is 24.0. The van der Waals surface area contributed by atoms with Crippen LogP contribution in [0.4, 0.5) is 0 Å². The van der Waals surface area contributed by atoms with Gasteiger partial charge in [-0.05, 0) is 55.0 Å². The first-order valence-electron chi connectivity index (χ1n) is 9.10. The predicted molar refractivity (Wildman–Crippen MR) is 127 cm³/mol. The van der Waals surface area contributed by atoms with Crippen LogP contribution in [0.1, 0.15) is 16.7 Å². The Morgan fingerprint density at radius 3 is 2.28 bits per heavy atom. The van der Waals surface area contributed by atoms with E-state index in [0.717, 1.165) is 5.56 Å². The Kier molecular flexibility index (Phi) is 7.37. The van der Waals surface area contributed by atoms with Gasteiger partial charge in [-0.25, -0.2) is 0 Å². The summed E-state index contributed by atoms with van der Waals surface area (Å²) in [7, 11) is -2.79. The highest BCUT2D eigenvalue weighted by atomic mass is 35.5. The average Bonchev–Trinajstić information content (AvgIpc) is 2.74. The first-order chi connectivity index (χ1) is 15.1. The molecule has 3 aromatic rings. The zero-order valence-electron chi connectivity index (χ0n) is 16.9. The maximum absolute atomic E-state index is 12.7. The van der Waals surface area contributed by atoms with Gasteiger partial charge in [0, 0.05) is 10.6 Å². The molecule has 0 unspecified atom stereocenters. The van der Waals surface area contributed by atoms with Crippen molar-refractivity contribution in [2.45, 2.75) is 11.8 Å². The number of nitriles is 1. The Morgan fingerprint density at radius 1 is 1.00 bits per heavy atom. The van der Waals surface area contributed by atoms with Crippen molar-refractivity contribution in [2.75, 3.05) is 7.11 Å². The summed E-state index contributed by atoms with van der Waals surface area (Å²) in [5.74, 6) is -0.0751. The lowest BCUT2D eigenvalue weighted by molar-refractivity contribution is 0.390. The highest BCUT2D eigenvalue weighted by Gasteiger charge is 2.22. The van der Waals surface area contributed by atoms with Crippen molar-refractivity contribution in [2.24, 2.45) is 0 Å². The standard InChI is InChI=1S/C23H16Cl3NO4S/c1-14-3-6-18(7-4-14)32(28,29)31-23-21(26)10-15(11-22(23)30-2)9-16(13-27)19-8-5-17(24)12-20(19)25/h3-12H,1-2H3/b16-9+. The predicted octanol–water partition coefficient (Wildman–Crippen LogP) is 6.80. The van der Waals surface area contributed by atoms with Crippen molar-refractivity contribution in [1.29, 1.82) is 5.26 Å². The third-order valence-corrected chi connectivity index (χ3v) is 6.47. The smallest absolute Gasteiger partial charge is 0.339 e. The van der Waals surface area contributed by atoms with Crippen LogP contribution in [0.5, 0.6) is 11.5 Å². The highest BCUT2D eigenvalue weighted by Crippen LogP contribution is 2.39. The van der Waals surface area contributed by atoms with Crippen LogP contribution in [0, 0.1) is 18.3 Å². The SMILES string of the molecule is COc1cc(/C=C(\C#N)c2ccc(Cl)cc2Cl)cc(Cl)c1OS(=O)(=O)c1ccc(C)cc1. The van der Waals surface area contributed by atoms with E-state index < -0.39 is 10.1 Å². The number of hydrogen-bond donors (Lipinski definition) is 0. The molecule has 0 bridgehead atoms. The molecule has 0 aromatic heterocycles. The lowest BCUT2D eigenvalue weighted by Crippen LogP contribution is -2.11. The van der Waals surface area contributed by atoms with Crippen molar-refractivity contribution in [3.8, 4) is 17.6 Å². The Balaban J connectivity index is 2.02.